The molecule has 5 nitrogen and oxygen atoms in total. The second-order valence-electron chi connectivity index (χ2n) is 4.19. The van der Waals surface area contributed by atoms with Gasteiger partial charge in [0.1, 0.15) is 11.3 Å². The average Bonchev–Trinajstić information content (AvgIpc) is 2.49. The Balaban J connectivity index is 2.40. The van der Waals surface area contributed by atoms with E-state index in [1.807, 2.05) is 0 Å². The second kappa shape index (κ2) is 6.60. The summed E-state index contributed by atoms with van der Waals surface area (Å²) in [7, 11) is 1.48. The maximum Gasteiger partial charge on any atom is 0.339 e. The summed E-state index contributed by atoms with van der Waals surface area (Å²) in [5.41, 5.74) is 0.714. The molecule has 110 valence electrons. The van der Waals surface area contributed by atoms with E-state index in [2.05, 4.69) is 15.9 Å². The van der Waals surface area contributed by atoms with E-state index in [1.54, 1.807) is 30.3 Å². The standard InChI is InChI=1S/C15H13BrO5/c1-20-14-6-9(8-17)2-4-13(14)21-12-5-3-10(16)7-11(12)15(18)19/h2-7,17H,8H2,1H3,(H,18,19). The predicted octanol–water partition coefficient (Wildman–Crippen LogP) is 3.44. The fourth-order valence-corrected chi connectivity index (χ4v) is 2.13. The van der Waals surface area contributed by atoms with Crippen LogP contribution >= 0.6 is 15.9 Å². The van der Waals surface area contributed by atoms with Crippen molar-refractivity contribution in [3.05, 3.63) is 52.0 Å². The Morgan fingerprint density at radius 2 is 1.86 bits per heavy atom. The molecule has 6 heteroatoms. The molecule has 0 amide bonds. The fourth-order valence-electron chi connectivity index (χ4n) is 1.77. The first-order valence-corrected chi connectivity index (χ1v) is 6.83. The zero-order chi connectivity index (χ0) is 15.4. The highest BCUT2D eigenvalue weighted by Gasteiger charge is 2.15. The fraction of sp³-hybridized carbons (Fsp3) is 0.133. The van der Waals surface area contributed by atoms with Gasteiger partial charge in [0.25, 0.3) is 0 Å². The van der Waals surface area contributed by atoms with Crippen molar-refractivity contribution in [3.63, 3.8) is 0 Å². The summed E-state index contributed by atoms with van der Waals surface area (Å²) in [6.45, 7) is -0.116. The minimum Gasteiger partial charge on any atom is -0.493 e. The van der Waals surface area contributed by atoms with Crippen molar-refractivity contribution in [1.82, 2.24) is 0 Å². The van der Waals surface area contributed by atoms with Gasteiger partial charge in [-0.15, -0.1) is 0 Å². The average molecular weight is 353 g/mol. The molecule has 0 bridgehead atoms. The van der Waals surface area contributed by atoms with E-state index in [0.717, 1.165) is 0 Å². The van der Waals surface area contributed by atoms with Gasteiger partial charge in [0, 0.05) is 4.47 Å². The number of hydrogen-bond acceptors (Lipinski definition) is 4. The van der Waals surface area contributed by atoms with E-state index in [4.69, 9.17) is 14.6 Å². The summed E-state index contributed by atoms with van der Waals surface area (Å²) in [5, 5.41) is 18.3. The van der Waals surface area contributed by atoms with Crippen molar-refractivity contribution in [1.29, 1.82) is 0 Å². The molecule has 0 unspecified atom stereocenters. The lowest BCUT2D eigenvalue weighted by Crippen LogP contribution is -2.01. The number of hydrogen-bond donors (Lipinski definition) is 2. The van der Waals surface area contributed by atoms with Crippen LogP contribution in [0.5, 0.6) is 17.2 Å². The van der Waals surface area contributed by atoms with Crippen LogP contribution in [0.25, 0.3) is 0 Å². The zero-order valence-corrected chi connectivity index (χ0v) is 12.8. The predicted molar refractivity (Wildman–Crippen MR) is 80.1 cm³/mol. The maximum absolute atomic E-state index is 11.3. The Bertz CT molecular complexity index is 669. The molecule has 21 heavy (non-hydrogen) atoms. The molecule has 0 aromatic heterocycles. The Labute approximate surface area is 129 Å². The van der Waals surface area contributed by atoms with Crippen molar-refractivity contribution in [2.45, 2.75) is 6.61 Å². The van der Waals surface area contributed by atoms with Gasteiger partial charge in [0.15, 0.2) is 11.5 Å². The third-order valence-corrected chi connectivity index (χ3v) is 3.30. The number of halogens is 1. The van der Waals surface area contributed by atoms with Crippen LogP contribution in [0.15, 0.2) is 40.9 Å². The van der Waals surface area contributed by atoms with Crippen molar-refractivity contribution in [2.24, 2.45) is 0 Å². The van der Waals surface area contributed by atoms with Gasteiger partial charge < -0.3 is 19.7 Å². The van der Waals surface area contributed by atoms with Gasteiger partial charge in [-0.1, -0.05) is 22.0 Å². The second-order valence-corrected chi connectivity index (χ2v) is 5.11. The number of aliphatic hydroxyl groups is 1. The highest BCUT2D eigenvalue weighted by Crippen LogP contribution is 2.34. The lowest BCUT2D eigenvalue weighted by atomic mass is 10.2. The van der Waals surface area contributed by atoms with E-state index in [1.165, 1.54) is 13.2 Å². The van der Waals surface area contributed by atoms with Gasteiger partial charge in [-0.25, -0.2) is 4.79 Å². The maximum atomic E-state index is 11.3. The van der Waals surface area contributed by atoms with Crippen molar-refractivity contribution in [2.75, 3.05) is 7.11 Å². The monoisotopic (exact) mass is 352 g/mol. The van der Waals surface area contributed by atoms with E-state index >= 15 is 0 Å². The molecular formula is C15H13BrO5. The molecule has 2 N–H and O–H groups in total. The van der Waals surface area contributed by atoms with E-state index < -0.39 is 5.97 Å². The van der Waals surface area contributed by atoms with Crippen LogP contribution in [0.2, 0.25) is 0 Å². The Kier molecular flexibility index (Phi) is 4.82. The van der Waals surface area contributed by atoms with Crippen LogP contribution in [0.4, 0.5) is 0 Å². The van der Waals surface area contributed by atoms with Crippen LogP contribution in [-0.2, 0) is 6.61 Å². The largest absolute Gasteiger partial charge is 0.493 e. The Hall–Kier alpha value is -2.05. The van der Waals surface area contributed by atoms with E-state index in [0.29, 0.717) is 21.5 Å². The molecule has 2 aromatic rings. The number of carboxylic acid groups (broad SMARTS) is 1. The summed E-state index contributed by atoms with van der Waals surface area (Å²) in [6.07, 6.45) is 0. The number of carbonyl (C=O) groups is 1. The molecular weight excluding hydrogens is 340 g/mol. The van der Waals surface area contributed by atoms with E-state index in [-0.39, 0.29) is 17.9 Å². The van der Waals surface area contributed by atoms with Gasteiger partial charge in [0.05, 0.1) is 13.7 Å². The summed E-state index contributed by atoms with van der Waals surface area (Å²) in [5.74, 6) is -0.0849. The molecule has 0 spiro atoms. The van der Waals surface area contributed by atoms with Crippen molar-refractivity contribution in [3.8, 4) is 17.2 Å². The van der Waals surface area contributed by atoms with Crippen LogP contribution in [0.1, 0.15) is 15.9 Å². The van der Waals surface area contributed by atoms with Crippen LogP contribution < -0.4 is 9.47 Å². The molecule has 0 aliphatic heterocycles. The number of benzene rings is 2. The Morgan fingerprint density at radius 3 is 2.48 bits per heavy atom. The molecule has 0 heterocycles. The third-order valence-electron chi connectivity index (χ3n) is 2.80. The number of methoxy groups -OCH3 is 1. The molecule has 0 atom stereocenters. The summed E-state index contributed by atoms with van der Waals surface area (Å²) in [6, 6.07) is 9.65. The Morgan fingerprint density at radius 1 is 1.14 bits per heavy atom. The molecule has 0 radical (unpaired) electrons. The smallest absolute Gasteiger partial charge is 0.339 e. The molecule has 2 aromatic carbocycles. The summed E-state index contributed by atoms with van der Waals surface area (Å²) >= 11 is 3.23. The molecule has 0 aliphatic rings. The van der Waals surface area contributed by atoms with Crippen molar-refractivity contribution < 1.29 is 24.5 Å². The SMILES string of the molecule is COc1cc(CO)ccc1Oc1ccc(Br)cc1C(=O)O. The first-order valence-electron chi connectivity index (χ1n) is 6.03. The first kappa shape index (κ1) is 15.3. The first-order chi connectivity index (χ1) is 10.0. The van der Waals surface area contributed by atoms with Gasteiger partial charge in [-0.05, 0) is 35.9 Å². The highest BCUT2D eigenvalue weighted by atomic mass is 79.9. The minimum atomic E-state index is -1.09. The van der Waals surface area contributed by atoms with Gasteiger partial charge in [0.2, 0.25) is 0 Å². The topological polar surface area (TPSA) is 76.0 Å². The third kappa shape index (κ3) is 3.53. The normalized spacial score (nSPS) is 10.2. The van der Waals surface area contributed by atoms with E-state index in [9.17, 15) is 9.90 Å². The minimum absolute atomic E-state index is 0.0395. The highest BCUT2D eigenvalue weighted by molar-refractivity contribution is 9.10. The number of rotatable bonds is 5. The number of aromatic carboxylic acids is 1. The van der Waals surface area contributed by atoms with Gasteiger partial charge >= 0.3 is 5.97 Å². The van der Waals surface area contributed by atoms with Gasteiger partial charge in [-0.2, -0.15) is 0 Å². The van der Waals surface area contributed by atoms with Crippen LogP contribution in [-0.4, -0.2) is 23.3 Å². The molecule has 2 rings (SSSR count). The molecule has 0 saturated heterocycles. The summed E-state index contributed by atoms with van der Waals surface area (Å²) < 4.78 is 11.5. The lowest BCUT2D eigenvalue weighted by molar-refractivity contribution is 0.0694. The van der Waals surface area contributed by atoms with Crippen LogP contribution in [0, 0.1) is 0 Å². The number of carboxylic acids is 1. The molecule has 0 fully saturated rings. The summed E-state index contributed by atoms with van der Waals surface area (Å²) in [4.78, 5) is 11.3. The lowest BCUT2D eigenvalue weighted by Gasteiger charge is -2.13. The van der Waals surface area contributed by atoms with Crippen molar-refractivity contribution >= 4 is 21.9 Å². The quantitative estimate of drug-likeness (QED) is 0.861. The van der Waals surface area contributed by atoms with Crippen LogP contribution in [0.3, 0.4) is 0 Å². The number of ether oxygens (including phenoxy) is 2. The molecule has 0 aliphatic carbocycles. The zero-order valence-electron chi connectivity index (χ0n) is 11.2. The van der Waals surface area contributed by atoms with Gasteiger partial charge in [-0.3, -0.25) is 0 Å². The number of aliphatic hydroxyl groups excluding tert-OH is 1. The molecule has 0 saturated carbocycles.